The molecule has 32 heavy (non-hydrogen) atoms. The van der Waals surface area contributed by atoms with E-state index < -0.39 is 5.97 Å². The van der Waals surface area contributed by atoms with Crippen LogP contribution < -0.4 is 9.64 Å². The molecule has 0 aliphatic heterocycles. The number of allylic oxidation sites excluding steroid dienone is 6. The highest BCUT2D eigenvalue weighted by atomic mass is 35.5. The Morgan fingerprint density at radius 1 is 1.19 bits per heavy atom. The zero-order chi connectivity index (χ0) is 23.1. The van der Waals surface area contributed by atoms with Gasteiger partial charge in [0, 0.05) is 23.8 Å². The van der Waals surface area contributed by atoms with E-state index >= 15 is 0 Å². The Bertz CT molecular complexity index is 1070. The number of benzene rings is 2. The standard InChI is InChI=1S/C27H30ClNO3/c1-4-15-29(17-21-11-14-26(19(2)16-21)32-18-27(30)31)25-10-6-9-24(20(25)3)22-7-5-8-23(28)13-12-22/h5-6,8-14,16H,4,7,15,17-18H2,1-3H3,(H,30,31). The molecule has 0 aromatic heterocycles. The molecule has 1 aliphatic carbocycles. The molecular formula is C27H30ClNO3. The van der Waals surface area contributed by atoms with Crippen LogP contribution in [0, 0.1) is 13.8 Å². The molecule has 0 saturated heterocycles. The van der Waals surface area contributed by atoms with Crippen molar-refractivity contribution in [3.05, 3.63) is 88.0 Å². The third-order valence-electron chi connectivity index (χ3n) is 5.51. The number of hydrogen-bond donors (Lipinski definition) is 1. The van der Waals surface area contributed by atoms with Crippen molar-refractivity contribution in [3.8, 4) is 5.75 Å². The normalized spacial score (nSPS) is 13.2. The van der Waals surface area contributed by atoms with E-state index in [1.54, 1.807) is 0 Å². The summed E-state index contributed by atoms with van der Waals surface area (Å²) in [7, 11) is 0. The summed E-state index contributed by atoms with van der Waals surface area (Å²) in [6.07, 6.45) is 9.99. The first kappa shape index (κ1) is 23.7. The van der Waals surface area contributed by atoms with Crippen LogP contribution in [0.5, 0.6) is 5.75 Å². The summed E-state index contributed by atoms with van der Waals surface area (Å²) in [6, 6.07) is 12.4. The fraction of sp³-hybridized carbons (Fsp3) is 0.296. The molecule has 1 aliphatic rings. The van der Waals surface area contributed by atoms with Crippen LogP contribution in [0.1, 0.15) is 42.0 Å². The minimum Gasteiger partial charge on any atom is -0.482 e. The van der Waals surface area contributed by atoms with Gasteiger partial charge in [0.15, 0.2) is 6.61 Å². The van der Waals surface area contributed by atoms with E-state index in [1.807, 2.05) is 31.2 Å². The molecule has 2 aromatic rings. The van der Waals surface area contributed by atoms with Crippen molar-refractivity contribution in [3.63, 3.8) is 0 Å². The predicted molar refractivity (Wildman–Crippen MR) is 132 cm³/mol. The molecule has 3 rings (SSSR count). The van der Waals surface area contributed by atoms with E-state index in [9.17, 15) is 4.79 Å². The van der Waals surface area contributed by atoms with Gasteiger partial charge in [-0.05, 0) is 78.8 Å². The van der Waals surface area contributed by atoms with Gasteiger partial charge >= 0.3 is 5.97 Å². The first-order valence-corrected chi connectivity index (χ1v) is 11.3. The van der Waals surface area contributed by atoms with Crippen molar-refractivity contribution in [1.82, 2.24) is 0 Å². The second kappa shape index (κ2) is 11.1. The third-order valence-corrected chi connectivity index (χ3v) is 5.76. The first-order valence-electron chi connectivity index (χ1n) is 10.9. The van der Waals surface area contributed by atoms with Crippen molar-refractivity contribution >= 4 is 28.8 Å². The predicted octanol–water partition coefficient (Wildman–Crippen LogP) is 6.65. The fourth-order valence-corrected chi connectivity index (χ4v) is 4.15. The molecule has 0 atom stereocenters. The molecule has 1 N–H and O–H groups in total. The molecule has 0 heterocycles. The number of carboxylic acid groups (broad SMARTS) is 1. The van der Waals surface area contributed by atoms with Gasteiger partial charge in [0.25, 0.3) is 0 Å². The number of rotatable bonds is 9. The highest BCUT2D eigenvalue weighted by Gasteiger charge is 2.15. The zero-order valence-corrected chi connectivity index (χ0v) is 19.7. The Labute approximate surface area is 195 Å². The third kappa shape index (κ3) is 6.04. The number of hydrogen-bond acceptors (Lipinski definition) is 3. The molecular weight excluding hydrogens is 422 g/mol. The molecule has 0 amide bonds. The lowest BCUT2D eigenvalue weighted by molar-refractivity contribution is -0.139. The summed E-state index contributed by atoms with van der Waals surface area (Å²) in [6.45, 7) is 7.68. The lowest BCUT2D eigenvalue weighted by Gasteiger charge is -2.28. The van der Waals surface area contributed by atoms with E-state index in [0.717, 1.165) is 42.1 Å². The number of aliphatic carboxylic acids is 1. The molecule has 5 heteroatoms. The smallest absolute Gasteiger partial charge is 0.341 e. The van der Waals surface area contributed by atoms with Crippen LogP contribution in [0.25, 0.3) is 5.57 Å². The van der Waals surface area contributed by atoms with E-state index in [2.05, 4.69) is 55.2 Å². The van der Waals surface area contributed by atoms with Crippen molar-refractivity contribution in [2.75, 3.05) is 18.1 Å². The van der Waals surface area contributed by atoms with Gasteiger partial charge in [-0.15, -0.1) is 0 Å². The van der Waals surface area contributed by atoms with Gasteiger partial charge in [-0.2, -0.15) is 0 Å². The van der Waals surface area contributed by atoms with E-state index in [0.29, 0.717) is 5.75 Å². The quantitative estimate of drug-likeness (QED) is 0.463. The number of nitrogens with zero attached hydrogens (tertiary/aromatic N) is 1. The molecule has 4 nitrogen and oxygen atoms in total. The Morgan fingerprint density at radius 2 is 2.00 bits per heavy atom. The first-order chi connectivity index (χ1) is 15.4. The summed E-state index contributed by atoms with van der Waals surface area (Å²) in [4.78, 5) is 13.2. The minimum absolute atomic E-state index is 0.334. The zero-order valence-electron chi connectivity index (χ0n) is 18.9. The number of aryl methyl sites for hydroxylation is 1. The molecule has 0 fully saturated rings. The molecule has 0 unspecified atom stereocenters. The number of halogens is 1. The number of carboxylic acids is 1. The molecule has 0 spiro atoms. The molecule has 0 bridgehead atoms. The summed E-state index contributed by atoms with van der Waals surface area (Å²) in [5.41, 5.74) is 7.06. The summed E-state index contributed by atoms with van der Waals surface area (Å²) in [5.74, 6) is -0.369. The van der Waals surface area contributed by atoms with Crippen molar-refractivity contribution in [1.29, 1.82) is 0 Å². The second-order valence-electron chi connectivity index (χ2n) is 8.00. The van der Waals surface area contributed by atoms with Crippen molar-refractivity contribution in [2.45, 2.75) is 40.2 Å². The van der Waals surface area contributed by atoms with Gasteiger partial charge in [-0.1, -0.05) is 54.9 Å². The Morgan fingerprint density at radius 3 is 2.72 bits per heavy atom. The fourth-order valence-electron chi connectivity index (χ4n) is 4.00. The Balaban J connectivity index is 1.87. The number of carbonyl (C=O) groups is 1. The average Bonchev–Trinajstić information content (AvgIpc) is 2.97. The maximum atomic E-state index is 10.8. The van der Waals surface area contributed by atoms with Gasteiger partial charge in [-0.3, -0.25) is 0 Å². The summed E-state index contributed by atoms with van der Waals surface area (Å²) >= 11 is 6.17. The van der Waals surface area contributed by atoms with Crippen LogP contribution in [0.4, 0.5) is 5.69 Å². The molecule has 2 aromatic carbocycles. The highest BCUT2D eigenvalue weighted by molar-refractivity contribution is 6.31. The summed E-state index contributed by atoms with van der Waals surface area (Å²) < 4.78 is 5.37. The van der Waals surface area contributed by atoms with Gasteiger partial charge < -0.3 is 14.7 Å². The molecule has 168 valence electrons. The van der Waals surface area contributed by atoms with Gasteiger partial charge in [-0.25, -0.2) is 4.79 Å². The lowest BCUT2D eigenvalue weighted by Crippen LogP contribution is -2.24. The van der Waals surface area contributed by atoms with Crippen LogP contribution in [0.15, 0.2) is 65.7 Å². The van der Waals surface area contributed by atoms with Gasteiger partial charge in [0.05, 0.1) is 0 Å². The molecule has 0 radical (unpaired) electrons. The average molecular weight is 452 g/mol. The van der Waals surface area contributed by atoms with Gasteiger partial charge in [0.1, 0.15) is 5.75 Å². The van der Waals surface area contributed by atoms with Crippen molar-refractivity contribution in [2.24, 2.45) is 0 Å². The topological polar surface area (TPSA) is 49.8 Å². The second-order valence-corrected chi connectivity index (χ2v) is 8.44. The minimum atomic E-state index is -0.977. The maximum absolute atomic E-state index is 10.8. The van der Waals surface area contributed by atoms with Gasteiger partial charge in [0.2, 0.25) is 0 Å². The van der Waals surface area contributed by atoms with E-state index in [1.165, 1.54) is 22.4 Å². The van der Waals surface area contributed by atoms with Crippen LogP contribution >= 0.6 is 11.6 Å². The van der Waals surface area contributed by atoms with Crippen LogP contribution in [0.2, 0.25) is 0 Å². The van der Waals surface area contributed by atoms with Crippen LogP contribution in [-0.2, 0) is 11.3 Å². The monoisotopic (exact) mass is 451 g/mol. The lowest BCUT2D eigenvalue weighted by atomic mass is 9.96. The van der Waals surface area contributed by atoms with E-state index in [4.69, 9.17) is 21.4 Å². The number of ether oxygens (including phenoxy) is 1. The van der Waals surface area contributed by atoms with E-state index in [-0.39, 0.29) is 6.61 Å². The number of anilines is 1. The van der Waals surface area contributed by atoms with Crippen molar-refractivity contribution < 1.29 is 14.6 Å². The highest BCUT2D eigenvalue weighted by Crippen LogP contribution is 2.32. The largest absolute Gasteiger partial charge is 0.482 e. The Kier molecular flexibility index (Phi) is 8.18. The molecule has 0 saturated carbocycles. The maximum Gasteiger partial charge on any atom is 0.341 e. The van der Waals surface area contributed by atoms with Crippen LogP contribution in [0.3, 0.4) is 0 Å². The Hall–Kier alpha value is -2.98. The summed E-state index contributed by atoms with van der Waals surface area (Å²) in [5, 5.41) is 9.59. The SMILES string of the molecule is CCCN(Cc1ccc(OCC(=O)O)c(C)c1)c1cccc(C2=CC=C(Cl)C=CC2)c1C. The van der Waals surface area contributed by atoms with Crippen LogP contribution in [-0.4, -0.2) is 24.2 Å².